The number of hydrogen-bond donors (Lipinski definition) is 0. The van der Waals surface area contributed by atoms with Gasteiger partial charge in [0.2, 0.25) is 5.91 Å². The zero-order chi connectivity index (χ0) is 20.3. The molecule has 0 bridgehead atoms. The zero-order valence-corrected chi connectivity index (χ0v) is 15.9. The van der Waals surface area contributed by atoms with Crippen LogP contribution in [0, 0.1) is 12.8 Å². The first-order valence-electron chi connectivity index (χ1n) is 9.62. The highest BCUT2D eigenvalue weighted by Crippen LogP contribution is 2.28. The molecule has 2 atom stereocenters. The summed E-state index contributed by atoms with van der Waals surface area (Å²) in [5.41, 5.74) is 1.09. The predicted octanol–water partition coefficient (Wildman–Crippen LogP) is 3.17. The SMILES string of the molecule is Cc1cccc(OCC2CCCN(C(=O)C3CCCN3C(=O)C(F)(F)F)C2)c1. The highest BCUT2D eigenvalue weighted by atomic mass is 19.4. The second-order valence-electron chi connectivity index (χ2n) is 7.57. The Hall–Kier alpha value is -2.25. The molecule has 0 radical (unpaired) electrons. The van der Waals surface area contributed by atoms with Crippen LogP contribution in [0.25, 0.3) is 0 Å². The Kier molecular flexibility index (Phi) is 6.15. The van der Waals surface area contributed by atoms with Gasteiger partial charge in [0.05, 0.1) is 6.61 Å². The molecule has 5 nitrogen and oxygen atoms in total. The number of carbonyl (C=O) groups is 2. The van der Waals surface area contributed by atoms with Crippen LogP contribution in [0.4, 0.5) is 13.2 Å². The number of nitrogens with zero attached hydrogens (tertiary/aromatic N) is 2. The van der Waals surface area contributed by atoms with Gasteiger partial charge in [-0.05, 0) is 50.3 Å². The molecule has 1 aromatic rings. The number of rotatable bonds is 4. The van der Waals surface area contributed by atoms with E-state index in [1.165, 1.54) is 0 Å². The molecule has 8 heteroatoms. The summed E-state index contributed by atoms with van der Waals surface area (Å²) in [7, 11) is 0. The van der Waals surface area contributed by atoms with Crippen LogP contribution >= 0.6 is 0 Å². The third-order valence-corrected chi connectivity index (χ3v) is 5.35. The van der Waals surface area contributed by atoms with Gasteiger partial charge in [-0.15, -0.1) is 0 Å². The van der Waals surface area contributed by atoms with Gasteiger partial charge in [0.1, 0.15) is 11.8 Å². The third kappa shape index (κ3) is 4.77. The van der Waals surface area contributed by atoms with Crippen LogP contribution in [-0.4, -0.2) is 60.1 Å². The van der Waals surface area contributed by atoms with Gasteiger partial charge in [0, 0.05) is 25.6 Å². The molecule has 2 amide bonds. The van der Waals surface area contributed by atoms with E-state index < -0.39 is 18.1 Å². The smallest absolute Gasteiger partial charge is 0.471 e. The molecule has 2 unspecified atom stereocenters. The van der Waals surface area contributed by atoms with E-state index in [1.54, 1.807) is 4.90 Å². The highest BCUT2D eigenvalue weighted by Gasteiger charge is 2.48. The maximum absolute atomic E-state index is 12.8. The summed E-state index contributed by atoms with van der Waals surface area (Å²) in [6, 6.07) is 6.69. The molecule has 2 heterocycles. The average molecular weight is 398 g/mol. The maximum Gasteiger partial charge on any atom is 0.471 e. The minimum Gasteiger partial charge on any atom is -0.493 e. The van der Waals surface area contributed by atoms with Gasteiger partial charge in [-0.1, -0.05) is 12.1 Å². The molecule has 154 valence electrons. The number of benzene rings is 1. The van der Waals surface area contributed by atoms with Crippen molar-refractivity contribution in [1.29, 1.82) is 0 Å². The lowest BCUT2D eigenvalue weighted by Crippen LogP contribution is -2.53. The molecule has 2 fully saturated rings. The molecule has 3 rings (SSSR count). The highest BCUT2D eigenvalue weighted by molar-refractivity contribution is 5.90. The van der Waals surface area contributed by atoms with Gasteiger partial charge in [-0.25, -0.2) is 0 Å². The molecular weight excluding hydrogens is 373 g/mol. The van der Waals surface area contributed by atoms with E-state index in [1.807, 2.05) is 31.2 Å². The van der Waals surface area contributed by atoms with Gasteiger partial charge in [0.15, 0.2) is 0 Å². The Labute approximate surface area is 162 Å². The number of amides is 2. The molecule has 28 heavy (non-hydrogen) atoms. The number of piperidine rings is 1. The van der Waals surface area contributed by atoms with Crippen LogP contribution in [0.3, 0.4) is 0 Å². The van der Waals surface area contributed by atoms with Crippen molar-refractivity contribution in [3.8, 4) is 5.75 Å². The molecule has 0 aromatic heterocycles. The van der Waals surface area contributed by atoms with Crippen molar-refractivity contribution in [3.63, 3.8) is 0 Å². The first-order chi connectivity index (χ1) is 13.3. The third-order valence-electron chi connectivity index (χ3n) is 5.35. The monoisotopic (exact) mass is 398 g/mol. The minimum absolute atomic E-state index is 0.0253. The molecule has 0 saturated carbocycles. The van der Waals surface area contributed by atoms with E-state index in [0.717, 1.165) is 24.2 Å². The zero-order valence-electron chi connectivity index (χ0n) is 15.9. The maximum atomic E-state index is 12.8. The lowest BCUT2D eigenvalue weighted by molar-refractivity contribution is -0.187. The molecule has 0 spiro atoms. The summed E-state index contributed by atoms with van der Waals surface area (Å²) in [5, 5.41) is 0. The van der Waals surface area contributed by atoms with Crippen LogP contribution in [-0.2, 0) is 9.59 Å². The predicted molar refractivity (Wildman–Crippen MR) is 96.8 cm³/mol. The van der Waals surface area contributed by atoms with Crippen LogP contribution in [0.2, 0.25) is 0 Å². The lowest BCUT2D eigenvalue weighted by Gasteiger charge is -2.36. The van der Waals surface area contributed by atoms with E-state index in [0.29, 0.717) is 31.0 Å². The van der Waals surface area contributed by atoms with E-state index >= 15 is 0 Å². The topological polar surface area (TPSA) is 49.9 Å². The summed E-state index contributed by atoms with van der Waals surface area (Å²) < 4.78 is 44.2. The fourth-order valence-corrected chi connectivity index (χ4v) is 3.96. The van der Waals surface area contributed by atoms with Gasteiger partial charge < -0.3 is 14.5 Å². The fourth-order valence-electron chi connectivity index (χ4n) is 3.96. The largest absolute Gasteiger partial charge is 0.493 e. The van der Waals surface area contributed by atoms with Gasteiger partial charge in [0.25, 0.3) is 0 Å². The van der Waals surface area contributed by atoms with E-state index in [4.69, 9.17) is 4.74 Å². The minimum atomic E-state index is -4.95. The summed E-state index contributed by atoms with van der Waals surface area (Å²) >= 11 is 0. The Morgan fingerprint density at radius 1 is 1.18 bits per heavy atom. The molecule has 2 aliphatic rings. The number of carbonyl (C=O) groups excluding carboxylic acids is 2. The molecular formula is C20H25F3N2O3. The Morgan fingerprint density at radius 2 is 1.93 bits per heavy atom. The normalized spacial score (nSPS) is 23.0. The Morgan fingerprint density at radius 3 is 2.64 bits per heavy atom. The molecule has 2 aliphatic heterocycles. The molecule has 2 saturated heterocycles. The Bertz CT molecular complexity index is 723. The molecule has 1 aromatic carbocycles. The number of aryl methyl sites for hydroxylation is 1. The summed E-state index contributed by atoms with van der Waals surface area (Å²) in [4.78, 5) is 26.7. The standard InChI is InChI=1S/C20H25F3N2O3/c1-14-5-2-7-16(11-14)28-13-15-6-3-9-24(12-15)18(26)17-8-4-10-25(17)19(27)20(21,22)23/h2,5,7,11,15,17H,3-4,6,8-10,12-13H2,1H3. The van der Waals surface area contributed by atoms with E-state index in [2.05, 4.69) is 0 Å². The number of ether oxygens (including phenoxy) is 1. The van der Waals surface area contributed by atoms with Crippen molar-refractivity contribution < 1.29 is 27.5 Å². The van der Waals surface area contributed by atoms with Crippen molar-refractivity contribution in [2.24, 2.45) is 5.92 Å². The van der Waals surface area contributed by atoms with Crippen molar-refractivity contribution in [2.45, 2.75) is 44.8 Å². The second-order valence-corrected chi connectivity index (χ2v) is 7.57. The van der Waals surface area contributed by atoms with E-state index in [9.17, 15) is 22.8 Å². The van der Waals surface area contributed by atoms with Crippen LogP contribution in [0.15, 0.2) is 24.3 Å². The summed E-state index contributed by atoms with van der Waals surface area (Å²) in [6.07, 6.45) is -2.60. The quantitative estimate of drug-likeness (QED) is 0.783. The summed E-state index contributed by atoms with van der Waals surface area (Å²) in [5.74, 6) is -1.41. The van der Waals surface area contributed by atoms with Crippen molar-refractivity contribution in [1.82, 2.24) is 9.80 Å². The van der Waals surface area contributed by atoms with Gasteiger partial charge in [-0.3, -0.25) is 9.59 Å². The van der Waals surface area contributed by atoms with Crippen molar-refractivity contribution >= 4 is 11.8 Å². The van der Waals surface area contributed by atoms with E-state index in [-0.39, 0.29) is 24.8 Å². The first kappa shape index (κ1) is 20.5. The molecule has 0 aliphatic carbocycles. The Balaban J connectivity index is 1.58. The number of likely N-dealkylation sites (tertiary alicyclic amines) is 2. The lowest BCUT2D eigenvalue weighted by atomic mass is 9.98. The van der Waals surface area contributed by atoms with Crippen LogP contribution in [0.1, 0.15) is 31.2 Å². The average Bonchev–Trinajstić information content (AvgIpc) is 3.14. The number of alkyl halides is 3. The van der Waals surface area contributed by atoms with Gasteiger partial charge in [-0.2, -0.15) is 13.2 Å². The number of hydrogen-bond acceptors (Lipinski definition) is 3. The second kappa shape index (κ2) is 8.41. The number of halogens is 3. The van der Waals surface area contributed by atoms with Crippen molar-refractivity contribution in [2.75, 3.05) is 26.2 Å². The first-order valence-corrected chi connectivity index (χ1v) is 9.62. The van der Waals surface area contributed by atoms with Crippen LogP contribution < -0.4 is 4.74 Å². The fraction of sp³-hybridized carbons (Fsp3) is 0.600. The van der Waals surface area contributed by atoms with Gasteiger partial charge >= 0.3 is 12.1 Å². The van der Waals surface area contributed by atoms with Crippen molar-refractivity contribution in [3.05, 3.63) is 29.8 Å². The van der Waals surface area contributed by atoms with Crippen LogP contribution in [0.5, 0.6) is 5.75 Å². The molecule has 0 N–H and O–H groups in total. The summed E-state index contributed by atoms with van der Waals surface area (Å²) in [6.45, 7) is 3.34.